The summed E-state index contributed by atoms with van der Waals surface area (Å²) in [5.74, 6) is 1.66. The highest BCUT2D eigenvalue weighted by Crippen LogP contribution is 2.39. The Bertz CT molecular complexity index is 163. The van der Waals surface area contributed by atoms with E-state index in [9.17, 15) is 0 Å². The van der Waals surface area contributed by atoms with Crippen molar-refractivity contribution in [2.75, 3.05) is 7.05 Å². The van der Waals surface area contributed by atoms with Gasteiger partial charge in [-0.25, -0.2) is 0 Å². The summed E-state index contributed by atoms with van der Waals surface area (Å²) in [7, 11) is 2.07. The summed E-state index contributed by atoms with van der Waals surface area (Å²) in [6.45, 7) is 14.2. The Kier molecular flexibility index (Phi) is 6.51. The molecule has 0 aliphatic rings. The first-order valence-electron chi connectivity index (χ1n) is 6.56. The molecule has 0 amide bonds. The van der Waals surface area contributed by atoms with Gasteiger partial charge in [-0.2, -0.15) is 0 Å². The third-order valence-corrected chi connectivity index (χ3v) is 4.35. The van der Waals surface area contributed by atoms with Crippen LogP contribution in [0.4, 0.5) is 0 Å². The zero-order valence-corrected chi connectivity index (χ0v) is 11.9. The zero-order chi connectivity index (χ0) is 12.1. The SMILES string of the molecule is CCC(C)C(CC(C)NC)C(C)(C)CC. The molecule has 15 heavy (non-hydrogen) atoms. The summed E-state index contributed by atoms with van der Waals surface area (Å²) in [5, 5.41) is 3.37. The van der Waals surface area contributed by atoms with E-state index in [0.29, 0.717) is 11.5 Å². The van der Waals surface area contributed by atoms with E-state index in [1.165, 1.54) is 19.3 Å². The van der Waals surface area contributed by atoms with Crippen LogP contribution in [0.25, 0.3) is 0 Å². The molecule has 3 unspecified atom stereocenters. The van der Waals surface area contributed by atoms with Gasteiger partial charge in [-0.1, -0.05) is 47.5 Å². The monoisotopic (exact) mass is 213 g/mol. The van der Waals surface area contributed by atoms with Crippen molar-refractivity contribution in [2.24, 2.45) is 17.3 Å². The Morgan fingerprint density at radius 3 is 2.00 bits per heavy atom. The highest BCUT2D eigenvalue weighted by atomic mass is 14.9. The average Bonchev–Trinajstić information content (AvgIpc) is 2.24. The third-order valence-electron chi connectivity index (χ3n) is 4.35. The molecule has 0 aliphatic carbocycles. The van der Waals surface area contributed by atoms with Crippen LogP contribution in [-0.2, 0) is 0 Å². The van der Waals surface area contributed by atoms with Crippen LogP contribution in [-0.4, -0.2) is 13.1 Å². The van der Waals surface area contributed by atoms with Gasteiger partial charge in [-0.3, -0.25) is 0 Å². The van der Waals surface area contributed by atoms with Gasteiger partial charge in [0.25, 0.3) is 0 Å². The molecule has 0 rings (SSSR count). The maximum Gasteiger partial charge on any atom is 0.00386 e. The molecule has 3 atom stereocenters. The van der Waals surface area contributed by atoms with Crippen molar-refractivity contribution in [3.8, 4) is 0 Å². The van der Waals surface area contributed by atoms with Gasteiger partial charge in [-0.15, -0.1) is 0 Å². The topological polar surface area (TPSA) is 12.0 Å². The Labute approximate surface area is 97.0 Å². The van der Waals surface area contributed by atoms with Gasteiger partial charge in [0, 0.05) is 6.04 Å². The summed E-state index contributed by atoms with van der Waals surface area (Å²) in [4.78, 5) is 0. The largest absolute Gasteiger partial charge is 0.317 e. The van der Waals surface area contributed by atoms with Crippen LogP contribution in [0.2, 0.25) is 0 Å². The highest BCUT2D eigenvalue weighted by Gasteiger charge is 2.32. The third kappa shape index (κ3) is 4.55. The van der Waals surface area contributed by atoms with Crippen LogP contribution in [0.1, 0.15) is 60.8 Å². The second-order valence-electron chi connectivity index (χ2n) is 5.76. The second-order valence-corrected chi connectivity index (χ2v) is 5.76. The van der Waals surface area contributed by atoms with Gasteiger partial charge in [-0.05, 0) is 37.6 Å². The Morgan fingerprint density at radius 2 is 1.67 bits per heavy atom. The lowest BCUT2D eigenvalue weighted by Gasteiger charge is -2.39. The molecule has 0 spiro atoms. The van der Waals surface area contributed by atoms with E-state index in [-0.39, 0.29) is 0 Å². The number of rotatable bonds is 7. The molecule has 0 saturated heterocycles. The van der Waals surface area contributed by atoms with E-state index >= 15 is 0 Å². The predicted molar refractivity (Wildman–Crippen MR) is 70.2 cm³/mol. The lowest BCUT2D eigenvalue weighted by atomic mass is 9.67. The Hall–Kier alpha value is -0.0400. The molecule has 0 fully saturated rings. The minimum atomic E-state index is 0.473. The maximum absolute atomic E-state index is 3.37. The van der Waals surface area contributed by atoms with Crippen molar-refractivity contribution in [1.82, 2.24) is 5.32 Å². The normalized spacial score (nSPS) is 18.6. The Morgan fingerprint density at radius 1 is 1.13 bits per heavy atom. The first kappa shape index (κ1) is 15.0. The van der Waals surface area contributed by atoms with Crippen LogP contribution in [0.15, 0.2) is 0 Å². The van der Waals surface area contributed by atoms with E-state index in [1.807, 2.05) is 0 Å². The summed E-state index contributed by atoms with van der Waals surface area (Å²) < 4.78 is 0. The van der Waals surface area contributed by atoms with Crippen molar-refractivity contribution in [3.05, 3.63) is 0 Å². The second kappa shape index (κ2) is 6.52. The van der Waals surface area contributed by atoms with Gasteiger partial charge < -0.3 is 5.32 Å². The van der Waals surface area contributed by atoms with Crippen molar-refractivity contribution in [2.45, 2.75) is 66.8 Å². The van der Waals surface area contributed by atoms with Gasteiger partial charge >= 0.3 is 0 Å². The van der Waals surface area contributed by atoms with Crippen molar-refractivity contribution >= 4 is 0 Å². The van der Waals surface area contributed by atoms with Crippen molar-refractivity contribution in [1.29, 1.82) is 0 Å². The molecular formula is C14H31N. The molecule has 1 heteroatoms. The van der Waals surface area contributed by atoms with Gasteiger partial charge in [0.15, 0.2) is 0 Å². The molecule has 0 aromatic heterocycles. The molecule has 0 aliphatic heterocycles. The lowest BCUT2D eigenvalue weighted by Crippen LogP contribution is -2.35. The average molecular weight is 213 g/mol. The molecule has 0 aromatic rings. The molecule has 1 N–H and O–H groups in total. The number of nitrogens with one attached hydrogen (secondary N) is 1. The molecule has 0 aromatic carbocycles. The molecular weight excluding hydrogens is 182 g/mol. The minimum absolute atomic E-state index is 0.473. The minimum Gasteiger partial charge on any atom is -0.317 e. The fraction of sp³-hybridized carbons (Fsp3) is 1.00. The smallest absolute Gasteiger partial charge is 0.00386 e. The highest BCUT2D eigenvalue weighted by molar-refractivity contribution is 4.83. The van der Waals surface area contributed by atoms with Gasteiger partial charge in [0.2, 0.25) is 0 Å². The summed E-state index contributed by atoms with van der Waals surface area (Å²) in [5.41, 5.74) is 0.473. The first-order chi connectivity index (χ1) is 6.88. The van der Waals surface area contributed by atoms with Crippen LogP contribution in [0.5, 0.6) is 0 Å². The standard InChI is InChI=1S/C14H31N/c1-8-11(3)13(10-12(4)15-7)14(5,6)9-2/h11-13,15H,8-10H2,1-7H3. The summed E-state index contributed by atoms with van der Waals surface area (Å²) >= 11 is 0. The molecule has 0 bridgehead atoms. The van der Waals surface area contributed by atoms with Gasteiger partial charge in [0.05, 0.1) is 0 Å². The van der Waals surface area contributed by atoms with Crippen molar-refractivity contribution in [3.63, 3.8) is 0 Å². The van der Waals surface area contributed by atoms with Crippen molar-refractivity contribution < 1.29 is 0 Å². The number of hydrogen-bond acceptors (Lipinski definition) is 1. The first-order valence-corrected chi connectivity index (χ1v) is 6.56. The summed E-state index contributed by atoms with van der Waals surface area (Å²) in [6, 6.07) is 0.634. The number of hydrogen-bond donors (Lipinski definition) is 1. The Balaban J connectivity index is 4.58. The van der Waals surface area contributed by atoms with E-state index in [4.69, 9.17) is 0 Å². The van der Waals surface area contributed by atoms with Crippen LogP contribution < -0.4 is 5.32 Å². The molecule has 0 radical (unpaired) electrons. The molecule has 0 heterocycles. The summed E-state index contributed by atoms with van der Waals surface area (Å²) in [6.07, 6.45) is 3.87. The van der Waals surface area contributed by atoms with E-state index < -0.39 is 0 Å². The van der Waals surface area contributed by atoms with Crippen LogP contribution >= 0.6 is 0 Å². The fourth-order valence-electron chi connectivity index (χ4n) is 2.37. The molecule has 0 saturated carbocycles. The molecule has 1 nitrogen and oxygen atoms in total. The predicted octanol–water partition coefficient (Wildman–Crippen LogP) is 4.08. The lowest BCUT2D eigenvalue weighted by molar-refractivity contribution is 0.117. The maximum atomic E-state index is 3.37. The van der Waals surface area contributed by atoms with Crippen LogP contribution in [0.3, 0.4) is 0 Å². The van der Waals surface area contributed by atoms with E-state index in [0.717, 1.165) is 11.8 Å². The van der Waals surface area contributed by atoms with Crippen LogP contribution in [0, 0.1) is 17.3 Å². The molecule has 92 valence electrons. The zero-order valence-electron chi connectivity index (χ0n) is 11.9. The van der Waals surface area contributed by atoms with E-state index in [1.54, 1.807) is 0 Å². The van der Waals surface area contributed by atoms with Gasteiger partial charge in [0.1, 0.15) is 0 Å². The van der Waals surface area contributed by atoms with E-state index in [2.05, 4.69) is 53.9 Å². The quantitative estimate of drug-likeness (QED) is 0.672. The fourth-order valence-corrected chi connectivity index (χ4v) is 2.37.